The van der Waals surface area contributed by atoms with Gasteiger partial charge in [-0.2, -0.15) is 0 Å². The summed E-state index contributed by atoms with van der Waals surface area (Å²) < 4.78 is 11.8. The molecule has 4 rings (SSSR count). The fraction of sp³-hybridized carbons (Fsp3) is 0.500. The number of fused-ring (bicyclic) bond motifs is 1. The van der Waals surface area contributed by atoms with Crippen molar-refractivity contribution in [2.24, 2.45) is 11.8 Å². The minimum atomic E-state index is -0.325. The molecule has 10 heteroatoms. The summed E-state index contributed by atoms with van der Waals surface area (Å²) in [6.07, 6.45) is 5.92. The highest BCUT2D eigenvalue weighted by Crippen LogP contribution is 2.31. The molecule has 3 amide bonds. The van der Waals surface area contributed by atoms with Crippen LogP contribution in [0.4, 0.5) is 5.69 Å². The number of aromatic nitrogens is 2. The van der Waals surface area contributed by atoms with Crippen LogP contribution < -0.4 is 10.1 Å². The van der Waals surface area contributed by atoms with Crippen molar-refractivity contribution in [1.82, 2.24) is 19.8 Å². The molecule has 2 aliphatic rings. The number of hydrogen-bond donors (Lipinski definition) is 1. The molecule has 1 aliphatic carbocycles. The van der Waals surface area contributed by atoms with E-state index in [1.54, 1.807) is 42.2 Å². The summed E-state index contributed by atoms with van der Waals surface area (Å²) in [5, 5.41) is 2.90. The third-order valence-corrected chi connectivity index (χ3v) is 6.70. The minimum absolute atomic E-state index is 0.0371. The maximum absolute atomic E-state index is 13.4. The van der Waals surface area contributed by atoms with E-state index in [4.69, 9.17) is 9.47 Å². The zero-order valence-corrected chi connectivity index (χ0v) is 21.1. The number of ether oxygens (including phenoxy) is 2. The fourth-order valence-corrected chi connectivity index (χ4v) is 4.28. The molecule has 0 bridgehead atoms. The van der Waals surface area contributed by atoms with Crippen LogP contribution in [0.25, 0.3) is 0 Å². The van der Waals surface area contributed by atoms with Gasteiger partial charge in [0.25, 0.3) is 11.8 Å². The lowest BCUT2D eigenvalue weighted by Gasteiger charge is -2.35. The highest BCUT2D eigenvalue weighted by Gasteiger charge is 2.32. The topological polar surface area (TPSA) is 114 Å². The van der Waals surface area contributed by atoms with Gasteiger partial charge < -0.3 is 24.6 Å². The number of carbonyl (C=O) groups excluding carboxylic acids is 3. The van der Waals surface area contributed by atoms with E-state index in [1.807, 2.05) is 13.8 Å². The number of carbonyl (C=O) groups is 3. The van der Waals surface area contributed by atoms with E-state index in [0.717, 1.165) is 12.8 Å². The smallest absolute Gasteiger partial charge is 0.274 e. The number of likely N-dealkylation sites (N-methyl/N-ethyl adjacent to an activating group) is 1. The quantitative estimate of drug-likeness (QED) is 0.693. The number of hydrogen-bond acceptors (Lipinski definition) is 7. The second-order valence-corrected chi connectivity index (χ2v) is 9.62. The van der Waals surface area contributed by atoms with E-state index in [-0.39, 0.29) is 54.0 Å². The molecular weight excluding hydrogens is 462 g/mol. The Balaban J connectivity index is 1.65. The Hall–Kier alpha value is -3.53. The van der Waals surface area contributed by atoms with Crippen LogP contribution in [0.1, 0.15) is 47.5 Å². The van der Waals surface area contributed by atoms with Crippen molar-refractivity contribution in [2.75, 3.05) is 39.2 Å². The minimum Gasteiger partial charge on any atom is -0.491 e. The third kappa shape index (κ3) is 5.81. The molecule has 192 valence electrons. The van der Waals surface area contributed by atoms with Crippen molar-refractivity contribution in [2.45, 2.75) is 38.8 Å². The standard InChI is InChI=1S/C26H33N5O5/c1-16-13-31(26(34)21-12-27-9-10-28-21)17(2)15-36-22-8-7-19(29-24(32)18-5-6-18)11-20(22)25(33)30(3)14-23(16)35-4/h7-12,16-18,23H,5-6,13-15H2,1-4H3,(H,29,32)/t16-,17-,23-/m0/s1. The molecule has 2 heterocycles. The van der Waals surface area contributed by atoms with E-state index in [0.29, 0.717) is 30.1 Å². The summed E-state index contributed by atoms with van der Waals surface area (Å²) in [4.78, 5) is 50.6. The van der Waals surface area contributed by atoms with Crippen molar-refractivity contribution in [3.63, 3.8) is 0 Å². The van der Waals surface area contributed by atoms with Gasteiger partial charge in [-0.25, -0.2) is 4.98 Å². The largest absolute Gasteiger partial charge is 0.491 e. The van der Waals surface area contributed by atoms with Crippen LogP contribution in [0, 0.1) is 11.8 Å². The van der Waals surface area contributed by atoms with Crippen LogP contribution in [0.3, 0.4) is 0 Å². The van der Waals surface area contributed by atoms with Crippen LogP contribution >= 0.6 is 0 Å². The molecule has 1 aromatic carbocycles. The molecule has 1 N–H and O–H groups in total. The predicted octanol–water partition coefficient (Wildman–Crippen LogP) is 2.47. The average molecular weight is 496 g/mol. The van der Waals surface area contributed by atoms with Crippen molar-refractivity contribution in [1.29, 1.82) is 0 Å². The van der Waals surface area contributed by atoms with Gasteiger partial charge in [-0.05, 0) is 38.0 Å². The molecule has 0 radical (unpaired) electrons. The van der Waals surface area contributed by atoms with Gasteiger partial charge in [0.2, 0.25) is 5.91 Å². The monoisotopic (exact) mass is 495 g/mol. The lowest BCUT2D eigenvalue weighted by Crippen LogP contribution is -2.48. The molecule has 1 aromatic heterocycles. The Kier molecular flexibility index (Phi) is 7.83. The zero-order chi connectivity index (χ0) is 25.8. The Morgan fingerprint density at radius 3 is 2.61 bits per heavy atom. The first-order chi connectivity index (χ1) is 17.3. The highest BCUT2D eigenvalue weighted by molar-refractivity contribution is 6.00. The summed E-state index contributed by atoms with van der Waals surface area (Å²) in [7, 11) is 3.31. The van der Waals surface area contributed by atoms with E-state index in [2.05, 4.69) is 15.3 Å². The van der Waals surface area contributed by atoms with E-state index in [9.17, 15) is 14.4 Å². The molecule has 3 atom stereocenters. The third-order valence-electron chi connectivity index (χ3n) is 6.70. The molecule has 10 nitrogen and oxygen atoms in total. The fourth-order valence-electron chi connectivity index (χ4n) is 4.28. The molecule has 0 unspecified atom stereocenters. The molecule has 2 aromatic rings. The first-order valence-corrected chi connectivity index (χ1v) is 12.2. The molecular formula is C26H33N5O5. The van der Waals surface area contributed by atoms with Crippen LogP contribution in [0.15, 0.2) is 36.8 Å². The number of nitrogens with zero attached hydrogens (tertiary/aromatic N) is 4. The van der Waals surface area contributed by atoms with Crippen LogP contribution in [0.2, 0.25) is 0 Å². The molecule has 0 saturated heterocycles. The van der Waals surface area contributed by atoms with Crippen molar-refractivity contribution in [3.05, 3.63) is 48.0 Å². The van der Waals surface area contributed by atoms with Gasteiger partial charge in [-0.3, -0.25) is 19.4 Å². The average Bonchev–Trinajstić information content (AvgIpc) is 3.74. The summed E-state index contributed by atoms with van der Waals surface area (Å²) >= 11 is 0. The summed E-state index contributed by atoms with van der Waals surface area (Å²) in [6.45, 7) is 4.75. The van der Waals surface area contributed by atoms with Crippen molar-refractivity contribution in [3.8, 4) is 5.75 Å². The van der Waals surface area contributed by atoms with Gasteiger partial charge in [0.05, 0.1) is 23.9 Å². The van der Waals surface area contributed by atoms with Crippen molar-refractivity contribution >= 4 is 23.4 Å². The Morgan fingerprint density at radius 1 is 1.17 bits per heavy atom. The SMILES string of the molecule is CO[C@H]1CN(C)C(=O)c2cc(NC(=O)C3CC3)ccc2OC[C@H](C)N(C(=O)c2cnccn2)C[C@@H]1C. The molecule has 1 saturated carbocycles. The summed E-state index contributed by atoms with van der Waals surface area (Å²) in [6, 6.07) is 4.74. The second-order valence-electron chi connectivity index (χ2n) is 9.62. The summed E-state index contributed by atoms with van der Waals surface area (Å²) in [5.41, 5.74) is 1.14. The number of nitrogens with one attached hydrogen (secondary N) is 1. The lowest BCUT2D eigenvalue weighted by atomic mass is 10.0. The molecule has 0 spiro atoms. The Labute approximate surface area is 211 Å². The first kappa shape index (κ1) is 25.6. The van der Waals surface area contributed by atoms with Gasteiger partial charge in [-0.15, -0.1) is 0 Å². The van der Waals surface area contributed by atoms with Gasteiger partial charge in [0, 0.05) is 57.2 Å². The maximum atomic E-state index is 13.4. The molecule has 1 aliphatic heterocycles. The van der Waals surface area contributed by atoms with Gasteiger partial charge in [0.15, 0.2) is 0 Å². The number of amides is 3. The van der Waals surface area contributed by atoms with Crippen LogP contribution in [0.5, 0.6) is 5.75 Å². The van der Waals surface area contributed by atoms with Crippen LogP contribution in [-0.2, 0) is 9.53 Å². The van der Waals surface area contributed by atoms with Crippen LogP contribution in [-0.4, -0.2) is 83.5 Å². The lowest BCUT2D eigenvalue weighted by molar-refractivity contribution is -0.117. The Bertz CT molecular complexity index is 1110. The van der Waals surface area contributed by atoms with Gasteiger partial charge >= 0.3 is 0 Å². The van der Waals surface area contributed by atoms with Gasteiger partial charge in [-0.1, -0.05) is 6.92 Å². The predicted molar refractivity (Wildman–Crippen MR) is 133 cm³/mol. The molecule has 36 heavy (non-hydrogen) atoms. The van der Waals surface area contributed by atoms with Crippen molar-refractivity contribution < 1.29 is 23.9 Å². The summed E-state index contributed by atoms with van der Waals surface area (Å²) in [5.74, 6) is -0.176. The second kappa shape index (κ2) is 11.0. The first-order valence-electron chi connectivity index (χ1n) is 12.2. The Morgan fingerprint density at radius 2 is 1.94 bits per heavy atom. The van der Waals surface area contributed by atoms with E-state index in [1.165, 1.54) is 18.6 Å². The highest BCUT2D eigenvalue weighted by atomic mass is 16.5. The normalized spacial score (nSPS) is 23.1. The number of benzene rings is 1. The molecule has 1 fully saturated rings. The maximum Gasteiger partial charge on any atom is 0.274 e. The number of anilines is 1. The van der Waals surface area contributed by atoms with E-state index >= 15 is 0 Å². The number of methoxy groups -OCH3 is 1. The number of rotatable bonds is 4. The van der Waals surface area contributed by atoms with Gasteiger partial charge in [0.1, 0.15) is 18.1 Å². The van der Waals surface area contributed by atoms with E-state index < -0.39 is 0 Å². The zero-order valence-electron chi connectivity index (χ0n) is 21.1.